The first-order chi connectivity index (χ1) is 18.4. The van der Waals surface area contributed by atoms with Gasteiger partial charge in [0.15, 0.2) is 0 Å². The fourth-order valence-electron chi connectivity index (χ4n) is 5.84. The van der Waals surface area contributed by atoms with Gasteiger partial charge in [0.05, 0.1) is 12.2 Å². The number of carbonyl (C=O) groups excluding carboxylic acids is 1. The highest BCUT2D eigenvalue weighted by molar-refractivity contribution is 6.03. The summed E-state index contributed by atoms with van der Waals surface area (Å²) in [5.41, 5.74) is 6.19. The summed E-state index contributed by atoms with van der Waals surface area (Å²) in [6, 6.07) is 22.5. The maximum atomic E-state index is 13.3. The molecule has 6 heteroatoms. The Morgan fingerprint density at radius 3 is 2.39 bits per heavy atom. The normalized spacial score (nSPS) is 20.8. The zero-order valence-electron chi connectivity index (χ0n) is 22.2. The van der Waals surface area contributed by atoms with Crippen LogP contribution in [0.5, 0.6) is 5.75 Å². The highest BCUT2D eigenvalue weighted by Crippen LogP contribution is 2.40. The second kappa shape index (κ2) is 11.3. The van der Waals surface area contributed by atoms with Gasteiger partial charge in [0.1, 0.15) is 11.9 Å². The van der Waals surface area contributed by atoms with E-state index < -0.39 is 5.97 Å². The van der Waals surface area contributed by atoms with Crippen molar-refractivity contribution in [1.82, 2.24) is 0 Å². The standard InChI is InChI=1S/C32H36N2O4/c1-3-23-6-4-5-7-28(23)33-32(37)34-20-21(2)38-30-19-27(16-17-29(30)34)26-14-12-25(13-15-26)24-10-8-22(9-11-24)18-31(35)36/h4-7,12-17,19,21-22,24H,3,8-11,18,20H2,1-2H3,(H,33,37)(H,35,36)/t21?,22-,24-. The maximum Gasteiger partial charge on any atom is 0.326 e. The van der Waals surface area contributed by atoms with Crippen molar-refractivity contribution < 1.29 is 19.4 Å². The number of para-hydroxylation sites is 1. The first-order valence-electron chi connectivity index (χ1n) is 13.7. The summed E-state index contributed by atoms with van der Waals surface area (Å²) in [4.78, 5) is 26.1. The van der Waals surface area contributed by atoms with Crippen LogP contribution in [-0.4, -0.2) is 29.8 Å². The molecule has 6 nitrogen and oxygen atoms in total. The number of aliphatic carboxylic acids is 1. The van der Waals surface area contributed by atoms with Gasteiger partial charge in [-0.1, -0.05) is 55.5 Å². The van der Waals surface area contributed by atoms with Gasteiger partial charge in [-0.2, -0.15) is 0 Å². The lowest BCUT2D eigenvalue weighted by molar-refractivity contribution is -0.138. The summed E-state index contributed by atoms with van der Waals surface area (Å²) < 4.78 is 6.16. The predicted molar refractivity (Wildman–Crippen MR) is 151 cm³/mol. The third kappa shape index (κ3) is 5.69. The molecule has 1 unspecified atom stereocenters. The number of aryl methyl sites for hydroxylation is 1. The van der Waals surface area contributed by atoms with E-state index in [1.54, 1.807) is 4.90 Å². The van der Waals surface area contributed by atoms with Gasteiger partial charge in [-0.05, 0) is 91.3 Å². The molecular weight excluding hydrogens is 476 g/mol. The Hall–Kier alpha value is -3.80. The van der Waals surface area contributed by atoms with E-state index in [1.807, 2.05) is 49.4 Å². The first-order valence-corrected chi connectivity index (χ1v) is 13.7. The number of carboxylic acids is 1. The number of nitrogens with one attached hydrogen (secondary N) is 1. The van der Waals surface area contributed by atoms with E-state index in [-0.39, 0.29) is 18.6 Å². The molecule has 0 bridgehead atoms. The van der Waals surface area contributed by atoms with Gasteiger partial charge in [0.25, 0.3) is 0 Å². The van der Waals surface area contributed by atoms with Gasteiger partial charge in [-0.25, -0.2) is 4.79 Å². The van der Waals surface area contributed by atoms with E-state index in [4.69, 9.17) is 9.84 Å². The number of rotatable bonds is 6. The van der Waals surface area contributed by atoms with Crippen LogP contribution in [0.1, 0.15) is 63.0 Å². The number of hydrogen-bond acceptors (Lipinski definition) is 3. The average Bonchev–Trinajstić information content (AvgIpc) is 2.92. The molecule has 2 amide bonds. The lowest BCUT2D eigenvalue weighted by atomic mass is 9.77. The van der Waals surface area contributed by atoms with Crippen LogP contribution in [0.4, 0.5) is 16.2 Å². The van der Waals surface area contributed by atoms with Crippen LogP contribution >= 0.6 is 0 Å². The Balaban J connectivity index is 1.30. The molecule has 0 saturated heterocycles. The van der Waals surface area contributed by atoms with Gasteiger partial charge < -0.3 is 15.2 Å². The topological polar surface area (TPSA) is 78.9 Å². The van der Waals surface area contributed by atoms with Crippen molar-refractivity contribution >= 4 is 23.4 Å². The Kier molecular flexibility index (Phi) is 7.68. The molecule has 38 heavy (non-hydrogen) atoms. The van der Waals surface area contributed by atoms with E-state index in [0.717, 1.165) is 60.2 Å². The van der Waals surface area contributed by atoms with Crippen LogP contribution < -0.4 is 15.0 Å². The Labute approximate surface area is 224 Å². The minimum atomic E-state index is -0.688. The smallest absolute Gasteiger partial charge is 0.326 e. The molecule has 0 spiro atoms. The van der Waals surface area contributed by atoms with E-state index in [0.29, 0.717) is 24.1 Å². The van der Waals surface area contributed by atoms with Crippen molar-refractivity contribution in [3.63, 3.8) is 0 Å². The van der Waals surface area contributed by atoms with E-state index in [9.17, 15) is 9.59 Å². The lowest BCUT2D eigenvalue weighted by Gasteiger charge is -2.34. The molecule has 1 aliphatic carbocycles. The number of nitrogens with zero attached hydrogens (tertiary/aromatic N) is 1. The Bertz CT molecular complexity index is 1300. The number of carboxylic acid groups (broad SMARTS) is 1. The van der Waals surface area contributed by atoms with E-state index in [2.05, 4.69) is 36.5 Å². The lowest BCUT2D eigenvalue weighted by Crippen LogP contribution is -2.44. The number of hydrogen-bond donors (Lipinski definition) is 2. The third-order valence-electron chi connectivity index (χ3n) is 7.93. The minimum Gasteiger partial charge on any atom is -0.487 e. The number of amides is 2. The number of anilines is 2. The van der Waals surface area contributed by atoms with E-state index >= 15 is 0 Å². The average molecular weight is 513 g/mol. The summed E-state index contributed by atoms with van der Waals surface area (Å²) in [6.07, 6.45) is 5.06. The van der Waals surface area contributed by atoms with Crippen molar-refractivity contribution in [3.05, 3.63) is 77.9 Å². The van der Waals surface area contributed by atoms with Crippen molar-refractivity contribution in [2.45, 2.75) is 64.4 Å². The molecule has 1 atom stereocenters. The molecule has 2 aliphatic rings. The van der Waals surface area contributed by atoms with Crippen molar-refractivity contribution in [3.8, 4) is 16.9 Å². The van der Waals surface area contributed by atoms with Gasteiger partial charge >= 0.3 is 12.0 Å². The molecule has 198 valence electrons. The second-order valence-corrected chi connectivity index (χ2v) is 10.6. The van der Waals surface area contributed by atoms with Gasteiger partial charge in [0.2, 0.25) is 0 Å². The summed E-state index contributed by atoms with van der Waals surface area (Å²) in [7, 11) is 0. The molecule has 3 aromatic rings. The van der Waals surface area contributed by atoms with Crippen LogP contribution in [0, 0.1) is 5.92 Å². The molecule has 1 heterocycles. The zero-order chi connectivity index (χ0) is 26.6. The SMILES string of the molecule is CCc1ccccc1NC(=O)N1CC(C)Oc2cc(-c3ccc([C@H]4CC[C@H](CC(=O)O)CC4)cc3)ccc21. The molecule has 3 aromatic carbocycles. The third-order valence-corrected chi connectivity index (χ3v) is 7.93. The molecule has 5 rings (SSSR count). The second-order valence-electron chi connectivity index (χ2n) is 10.6. The predicted octanol–water partition coefficient (Wildman–Crippen LogP) is 7.48. The van der Waals surface area contributed by atoms with Crippen LogP contribution in [0.25, 0.3) is 11.1 Å². The molecule has 0 radical (unpaired) electrons. The first kappa shape index (κ1) is 25.8. The largest absolute Gasteiger partial charge is 0.487 e. The Morgan fingerprint density at radius 2 is 1.68 bits per heavy atom. The van der Waals surface area contributed by atoms with Crippen LogP contribution in [0.3, 0.4) is 0 Å². The molecule has 1 fully saturated rings. The fraction of sp³-hybridized carbons (Fsp3) is 0.375. The number of carbonyl (C=O) groups is 2. The van der Waals surface area contributed by atoms with Crippen molar-refractivity contribution in [2.75, 3.05) is 16.8 Å². The number of ether oxygens (including phenoxy) is 1. The zero-order valence-corrected chi connectivity index (χ0v) is 22.2. The number of fused-ring (bicyclic) bond motifs is 1. The summed E-state index contributed by atoms with van der Waals surface area (Å²) >= 11 is 0. The minimum absolute atomic E-state index is 0.122. The summed E-state index contributed by atoms with van der Waals surface area (Å²) in [5.74, 6) is 0.823. The molecule has 0 aromatic heterocycles. The monoisotopic (exact) mass is 512 g/mol. The van der Waals surface area contributed by atoms with E-state index in [1.165, 1.54) is 5.56 Å². The van der Waals surface area contributed by atoms with Crippen LogP contribution in [0.2, 0.25) is 0 Å². The van der Waals surface area contributed by atoms with Crippen LogP contribution in [0.15, 0.2) is 66.7 Å². The van der Waals surface area contributed by atoms with Gasteiger partial charge in [-0.3, -0.25) is 9.69 Å². The van der Waals surface area contributed by atoms with Gasteiger partial charge in [-0.15, -0.1) is 0 Å². The molecule has 1 aliphatic heterocycles. The van der Waals surface area contributed by atoms with Gasteiger partial charge in [0, 0.05) is 12.1 Å². The maximum absolute atomic E-state index is 13.3. The summed E-state index contributed by atoms with van der Waals surface area (Å²) in [5, 5.41) is 12.2. The Morgan fingerprint density at radius 1 is 0.974 bits per heavy atom. The highest BCUT2D eigenvalue weighted by Gasteiger charge is 2.29. The molecule has 1 saturated carbocycles. The highest BCUT2D eigenvalue weighted by atomic mass is 16.5. The molecule has 2 N–H and O–H groups in total. The van der Waals surface area contributed by atoms with Crippen LogP contribution in [-0.2, 0) is 11.2 Å². The quantitative estimate of drug-likeness (QED) is 0.359. The number of benzene rings is 3. The molecular formula is C32H36N2O4. The number of urea groups is 1. The van der Waals surface area contributed by atoms with Crippen molar-refractivity contribution in [1.29, 1.82) is 0 Å². The van der Waals surface area contributed by atoms with Crippen molar-refractivity contribution in [2.24, 2.45) is 5.92 Å². The summed E-state index contributed by atoms with van der Waals surface area (Å²) in [6.45, 7) is 4.55. The fourth-order valence-corrected chi connectivity index (χ4v) is 5.84.